The molecule has 2 nitrogen and oxygen atoms in total. The first-order chi connectivity index (χ1) is 8.97. The lowest BCUT2D eigenvalue weighted by atomic mass is 10.2. The number of ether oxygens (including phenoxy) is 1. The Morgan fingerprint density at radius 3 is 2.16 bits per heavy atom. The van der Waals surface area contributed by atoms with Crippen molar-refractivity contribution < 1.29 is 4.74 Å². The van der Waals surface area contributed by atoms with Crippen molar-refractivity contribution in [3.05, 3.63) is 56.5 Å². The number of nitrogens with two attached hydrogens (primary N) is 1. The second-order valence-electron chi connectivity index (χ2n) is 3.69. The molecule has 0 aromatic heterocycles. The van der Waals surface area contributed by atoms with E-state index in [9.17, 15) is 0 Å². The molecule has 2 N–H and O–H groups in total. The van der Waals surface area contributed by atoms with E-state index < -0.39 is 0 Å². The summed E-state index contributed by atoms with van der Waals surface area (Å²) in [5.74, 6) is 1.01. The van der Waals surface area contributed by atoms with E-state index in [1.54, 1.807) is 30.3 Å². The highest BCUT2D eigenvalue weighted by Crippen LogP contribution is 2.35. The quantitative estimate of drug-likeness (QED) is 0.749. The van der Waals surface area contributed by atoms with Crippen LogP contribution in [0.15, 0.2) is 40.9 Å². The highest BCUT2D eigenvalue weighted by molar-refractivity contribution is 9.10. The molecule has 19 heavy (non-hydrogen) atoms. The maximum absolute atomic E-state index is 6.11. The Morgan fingerprint density at radius 2 is 1.63 bits per heavy atom. The SMILES string of the molecule is NC(=S)c1ccc(Oc2ccc(Br)cc2Cl)c(Cl)c1. The molecule has 0 heterocycles. The molecule has 0 spiro atoms. The summed E-state index contributed by atoms with van der Waals surface area (Å²) in [6.45, 7) is 0. The molecule has 0 amide bonds. The van der Waals surface area contributed by atoms with E-state index in [-0.39, 0.29) is 4.99 Å². The van der Waals surface area contributed by atoms with Crippen LogP contribution < -0.4 is 10.5 Å². The van der Waals surface area contributed by atoms with E-state index in [4.69, 9.17) is 45.9 Å². The first-order valence-electron chi connectivity index (χ1n) is 5.19. The van der Waals surface area contributed by atoms with Crippen molar-refractivity contribution in [3.8, 4) is 11.5 Å². The minimum atomic E-state index is 0.287. The lowest BCUT2D eigenvalue weighted by Gasteiger charge is -2.10. The summed E-state index contributed by atoms with van der Waals surface area (Å²) in [4.78, 5) is 0.287. The zero-order valence-electron chi connectivity index (χ0n) is 9.49. The predicted molar refractivity (Wildman–Crippen MR) is 86.6 cm³/mol. The Kier molecular flexibility index (Phi) is 4.68. The van der Waals surface area contributed by atoms with Crippen LogP contribution in [0.25, 0.3) is 0 Å². The van der Waals surface area contributed by atoms with Gasteiger partial charge in [0.1, 0.15) is 16.5 Å². The number of rotatable bonds is 3. The van der Waals surface area contributed by atoms with Crippen LogP contribution in [0, 0.1) is 0 Å². The van der Waals surface area contributed by atoms with Gasteiger partial charge in [-0.1, -0.05) is 51.3 Å². The normalized spacial score (nSPS) is 10.3. The molecule has 0 aliphatic rings. The first-order valence-corrected chi connectivity index (χ1v) is 7.15. The van der Waals surface area contributed by atoms with Gasteiger partial charge in [0, 0.05) is 10.0 Å². The highest BCUT2D eigenvalue weighted by Gasteiger charge is 2.08. The van der Waals surface area contributed by atoms with Crippen molar-refractivity contribution in [1.82, 2.24) is 0 Å². The summed E-state index contributed by atoms with van der Waals surface area (Å²) < 4.78 is 6.54. The van der Waals surface area contributed by atoms with Gasteiger partial charge >= 0.3 is 0 Å². The summed E-state index contributed by atoms with van der Waals surface area (Å²) in [6.07, 6.45) is 0. The fourth-order valence-electron chi connectivity index (χ4n) is 1.41. The van der Waals surface area contributed by atoms with Crippen molar-refractivity contribution in [2.75, 3.05) is 0 Å². The van der Waals surface area contributed by atoms with E-state index in [1.165, 1.54) is 0 Å². The Bertz CT molecular complexity index is 649. The molecule has 2 aromatic rings. The van der Waals surface area contributed by atoms with Crippen LogP contribution in [-0.2, 0) is 0 Å². The molecule has 0 bridgehead atoms. The third-order valence-corrected chi connectivity index (χ3v) is 3.65. The van der Waals surface area contributed by atoms with Gasteiger partial charge in [0.25, 0.3) is 0 Å². The highest BCUT2D eigenvalue weighted by atomic mass is 79.9. The first kappa shape index (κ1) is 14.6. The minimum Gasteiger partial charge on any atom is -0.454 e. The van der Waals surface area contributed by atoms with E-state index in [2.05, 4.69) is 15.9 Å². The molecule has 0 radical (unpaired) electrons. The van der Waals surface area contributed by atoms with Gasteiger partial charge in [-0.2, -0.15) is 0 Å². The second-order valence-corrected chi connectivity index (χ2v) is 5.86. The number of halogens is 3. The molecule has 0 saturated carbocycles. The van der Waals surface area contributed by atoms with Crippen molar-refractivity contribution in [3.63, 3.8) is 0 Å². The molecule has 0 saturated heterocycles. The Labute approximate surface area is 134 Å². The molecule has 2 rings (SSSR count). The van der Waals surface area contributed by atoms with E-state index in [0.717, 1.165) is 4.47 Å². The maximum atomic E-state index is 6.11. The van der Waals surface area contributed by atoms with Gasteiger partial charge in [-0.05, 0) is 36.4 Å². The Balaban J connectivity index is 2.31. The zero-order valence-corrected chi connectivity index (χ0v) is 13.4. The predicted octanol–water partition coefficient (Wildman–Crippen LogP) is 5.18. The van der Waals surface area contributed by atoms with Crippen LogP contribution in [-0.4, -0.2) is 4.99 Å². The van der Waals surface area contributed by atoms with Crippen molar-refractivity contribution in [2.24, 2.45) is 5.73 Å². The summed E-state index contributed by atoms with van der Waals surface area (Å²) in [5.41, 5.74) is 6.22. The topological polar surface area (TPSA) is 35.2 Å². The molecule has 98 valence electrons. The average molecular weight is 377 g/mol. The molecule has 0 atom stereocenters. The zero-order chi connectivity index (χ0) is 14.0. The largest absolute Gasteiger partial charge is 0.454 e. The van der Waals surface area contributed by atoms with Gasteiger partial charge in [-0.3, -0.25) is 0 Å². The Morgan fingerprint density at radius 1 is 1.05 bits per heavy atom. The van der Waals surface area contributed by atoms with E-state index >= 15 is 0 Å². The number of hydrogen-bond acceptors (Lipinski definition) is 2. The van der Waals surface area contributed by atoms with Crippen LogP contribution >= 0.6 is 51.3 Å². The summed E-state index contributed by atoms with van der Waals surface area (Å²) in [5, 5.41) is 0.910. The summed E-state index contributed by atoms with van der Waals surface area (Å²) in [6, 6.07) is 10.4. The molecule has 0 aliphatic carbocycles. The van der Waals surface area contributed by atoms with Crippen LogP contribution in [0.5, 0.6) is 11.5 Å². The molecular formula is C13H8BrCl2NOS. The van der Waals surface area contributed by atoms with Crippen molar-refractivity contribution in [2.45, 2.75) is 0 Å². The van der Waals surface area contributed by atoms with Crippen LogP contribution in [0.2, 0.25) is 10.0 Å². The van der Waals surface area contributed by atoms with Gasteiger partial charge in [0.2, 0.25) is 0 Å². The molecule has 6 heteroatoms. The number of thiocarbonyl (C=S) groups is 1. The maximum Gasteiger partial charge on any atom is 0.146 e. The fourth-order valence-corrected chi connectivity index (χ4v) is 2.47. The number of benzene rings is 2. The van der Waals surface area contributed by atoms with Crippen LogP contribution in [0.3, 0.4) is 0 Å². The summed E-state index contributed by atoms with van der Waals surface area (Å²) in [7, 11) is 0. The van der Waals surface area contributed by atoms with E-state index in [0.29, 0.717) is 27.1 Å². The monoisotopic (exact) mass is 375 g/mol. The van der Waals surface area contributed by atoms with Gasteiger partial charge in [-0.25, -0.2) is 0 Å². The fraction of sp³-hybridized carbons (Fsp3) is 0. The lowest BCUT2D eigenvalue weighted by molar-refractivity contribution is 0.483. The lowest BCUT2D eigenvalue weighted by Crippen LogP contribution is -2.08. The van der Waals surface area contributed by atoms with Gasteiger partial charge in [0.15, 0.2) is 0 Å². The van der Waals surface area contributed by atoms with E-state index in [1.807, 2.05) is 6.07 Å². The summed E-state index contributed by atoms with van der Waals surface area (Å²) >= 11 is 20.4. The number of hydrogen-bond donors (Lipinski definition) is 1. The van der Waals surface area contributed by atoms with Gasteiger partial charge < -0.3 is 10.5 Å². The van der Waals surface area contributed by atoms with Crippen molar-refractivity contribution in [1.29, 1.82) is 0 Å². The average Bonchev–Trinajstić information content (AvgIpc) is 2.34. The van der Waals surface area contributed by atoms with Gasteiger partial charge in [0.05, 0.1) is 10.0 Å². The molecule has 2 aromatic carbocycles. The standard InChI is InChI=1S/C13H8BrCl2NOS/c14-8-2-4-12(10(16)6-8)18-11-3-1-7(13(17)19)5-9(11)15/h1-6H,(H2,17,19). The smallest absolute Gasteiger partial charge is 0.146 e. The van der Waals surface area contributed by atoms with Gasteiger partial charge in [-0.15, -0.1) is 0 Å². The van der Waals surface area contributed by atoms with Crippen molar-refractivity contribution >= 4 is 56.3 Å². The Hall–Kier alpha value is -0.810. The third kappa shape index (κ3) is 3.60. The minimum absolute atomic E-state index is 0.287. The molecule has 0 aliphatic heterocycles. The van der Waals surface area contributed by atoms with Crippen LogP contribution in [0.4, 0.5) is 0 Å². The molecule has 0 fully saturated rings. The molecule has 0 unspecified atom stereocenters. The van der Waals surface area contributed by atoms with Crippen LogP contribution in [0.1, 0.15) is 5.56 Å². The third-order valence-electron chi connectivity index (χ3n) is 2.33. The second kappa shape index (κ2) is 6.09. The molecular weight excluding hydrogens is 369 g/mol.